The minimum absolute atomic E-state index is 0.171. The first kappa shape index (κ1) is 24.1. The van der Waals surface area contributed by atoms with E-state index >= 15 is 0 Å². The van der Waals surface area contributed by atoms with E-state index in [2.05, 4.69) is 28.2 Å². The van der Waals surface area contributed by atoms with Gasteiger partial charge in [-0.3, -0.25) is 19.3 Å². The number of carbonyl (C=O) groups is 4. The summed E-state index contributed by atoms with van der Waals surface area (Å²) in [7, 11) is 0. The van der Waals surface area contributed by atoms with Crippen molar-refractivity contribution in [2.45, 2.75) is 40.0 Å². The average molecular weight is 527 g/mol. The van der Waals surface area contributed by atoms with E-state index in [1.807, 2.05) is 26.0 Å². The van der Waals surface area contributed by atoms with Crippen LogP contribution in [0.3, 0.4) is 0 Å². The molecule has 3 amide bonds. The Morgan fingerprint density at radius 2 is 1.74 bits per heavy atom. The van der Waals surface area contributed by atoms with Crippen LogP contribution in [0.15, 0.2) is 40.9 Å². The molecule has 1 heterocycles. The van der Waals surface area contributed by atoms with Crippen LogP contribution in [0, 0.1) is 31.6 Å². The Bertz CT molecular complexity index is 1150. The van der Waals surface area contributed by atoms with Gasteiger partial charge in [-0.1, -0.05) is 28.9 Å². The normalized spacial score (nSPS) is 21.9. The van der Waals surface area contributed by atoms with E-state index in [0.717, 1.165) is 22.0 Å². The lowest BCUT2D eigenvalue weighted by molar-refractivity contribution is -0.122. The topological polar surface area (TPSA) is 92.8 Å². The van der Waals surface area contributed by atoms with Crippen molar-refractivity contribution in [2.24, 2.45) is 17.8 Å². The zero-order valence-corrected chi connectivity index (χ0v) is 21.0. The molecule has 2 fully saturated rings. The van der Waals surface area contributed by atoms with Crippen molar-refractivity contribution in [2.75, 3.05) is 16.8 Å². The Balaban J connectivity index is 1.41. The summed E-state index contributed by atoms with van der Waals surface area (Å²) in [5.74, 6) is -1.73. The van der Waals surface area contributed by atoms with Crippen LogP contribution in [0.1, 0.15) is 47.7 Å². The summed E-state index contributed by atoms with van der Waals surface area (Å²) in [4.78, 5) is 52.0. The second-order valence-corrected chi connectivity index (χ2v) is 10.0. The highest BCUT2D eigenvalue weighted by Crippen LogP contribution is 2.42. The van der Waals surface area contributed by atoms with Gasteiger partial charge in [0.25, 0.3) is 5.91 Å². The molecule has 0 aromatic heterocycles. The van der Waals surface area contributed by atoms with E-state index in [9.17, 15) is 19.2 Å². The molecule has 1 aliphatic carbocycles. The fraction of sp³-hybridized carbons (Fsp3) is 0.385. The van der Waals surface area contributed by atoms with Crippen molar-refractivity contribution >= 4 is 51.0 Å². The number of fused-ring (bicyclic) bond motifs is 1. The molecule has 1 N–H and O–H groups in total. The molecule has 7 nitrogen and oxygen atoms in total. The maximum Gasteiger partial charge on any atom is 0.338 e. The Morgan fingerprint density at radius 3 is 2.44 bits per heavy atom. The number of nitrogens with zero attached hydrogens (tertiary/aromatic N) is 1. The first-order chi connectivity index (χ1) is 16.2. The third kappa shape index (κ3) is 4.78. The molecule has 1 saturated heterocycles. The summed E-state index contributed by atoms with van der Waals surface area (Å²) in [5.41, 5.74) is 3.10. The van der Waals surface area contributed by atoms with Crippen LogP contribution < -0.4 is 10.2 Å². The molecule has 1 saturated carbocycles. The van der Waals surface area contributed by atoms with E-state index in [4.69, 9.17) is 4.74 Å². The predicted molar refractivity (Wildman–Crippen MR) is 131 cm³/mol. The van der Waals surface area contributed by atoms with Crippen molar-refractivity contribution in [1.29, 1.82) is 0 Å². The van der Waals surface area contributed by atoms with Crippen LogP contribution in [0.4, 0.5) is 11.4 Å². The molecule has 2 aromatic carbocycles. The van der Waals surface area contributed by atoms with Crippen molar-refractivity contribution in [3.05, 3.63) is 57.6 Å². The number of rotatable bonds is 5. The summed E-state index contributed by atoms with van der Waals surface area (Å²) < 4.78 is 6.15. The van der Waals surface area contributed by atoms with Crippen LogP contribution in [0.2, 0.25) is 0 Å². The number of carbonyl (C=O) groups excluding carboxylic acids is 4. The van der Waals surface area contributed by atoms with Gasteiger partial charge >= 0.3 is 5.97 Å². The van der Waals surface area contributed by atoms with Crippen molar-refractivity contribution in [3.63, 3.8) is 0 Å². The third-order valence-electron chi connectivity index (χ3n) is 6.58. The van der Waals surface area contributed by atoms with E-state index in [1.54, 1.807) is 12.1 Å². The molecular weight excluding hydrogens is 500 g/mol. The largest absolute Gasteiger partial charge is 0.452 e. The van der Waals surface area contributed by atoms with Gasteiger partial charge in [-0.15, -0.1) is 0 Å². The Labute approximate surface area is 207 Å². The van der Waals surface area contributed by atoms with E-state index in [0.29, 0.717) is 30.1 Å². The summed E-state index contributed by atoms with van der Waals surface area (Å²) in [5, 5.41) is 2.72. The van der Waals surface area contributed by atoms with Gasteiger partial charge in [0.1, 0.15) is 0 Å². The second kappa shape index (κ2) is 9.70. The highest BCUT2D eigenvalue weighted by atomic mass is 79.9. The molecule has 2 aromatic rings. The fourth-order valence-electron chi connectivity index (χ4n) is 4.85. The minimum Gasteiger partial charge on any atom is -0.452 e. The number of hydrogen-bond acceptors (Lipinski definition) is 5. The number of anilines is 2. The third-order valence-corrected chi connectivity index (χ3v) is 7.83. The molecular formula is C26H27BrN2O5. The lowest BCUT2D eigenvalue weighted by Gasteiger charge is -2.25. The lowest BCUT2D eigenvalue weighted by atomic mass is 9.76. The van der Waals surface area contributed by atoms with Gasteiger partial charge in [0.05, 0.1) is 23.1 Å². The number of nitrogens with one attached hydrogen (secondary N) is 1. The van der Waals surface area contributed by atoms with Gasteiger partial charge in [0.2, 0.25) is 11.8 Å². The highest BCUT2D eigenvalue weighted by Gasteiger charge is 2.50. The number of imide groups is 1. The SMILES string of the molecule is Cc1cc(NC(=O)COC(=O)c2cccc(N3C(=O)[C@@H]4CC[C@@H](C)C[C@H]4C3=O)c2)cc(C)c1Br. The van der Waals surface area contributed by atoms with Crippen molar-refractivity contribution in [1.82, 2.24) is 0 Å². The quantitative estimate of drug-likeness (QED) is 0.446. The lowest BCUT2D eigenvalue weighted by Crippen LogP contribution is -2.31. The molecule has 34 heavy (non-hydrogen) atoms. The van der Waals surface area contributed by atoms with Crippen LogP contribution in [-0.2, 0) is 19.1 Å². The van der Waals surface area contributed by atoms with Gasteiger partial charge < -0.3 is 10.1 Å². The fourth-order valence-corrected chi connectivity index (χ4v) is 5.07. The summed E-state index contributed by atoms with van der Waals surface area (Å²) in [6.45, 7) is 5.49. The van der Waals surface area contributed by atoms with Gasteiger partial charge in [0.15, 0.2) is 6.61 Å². The molecule has 2 aliphatic rings. The first-order valence-electron chi connectivity index (χ1n) is 11.4. The van der Waals surface area contributed by atoms with Gasteiger partial charge in [-0.2, -0.15) is 0 Å². The molecule has 0 bridgehead atoms. The zero-order valence-electron chi connectivity index (χ0n) is 19.4. The maximum atomic E-state index is 13.0. The maximum absolute atomic E-state index is 13.0. The molecule has 1 aliphatic heterocycles. The van der Waals surface area contributed by atoms with Gasteiger partial charge in [-0.25, -0.2) is 4.79 Å². The number of hydrogen-bond donors (Lipinski definition) is 1. The first-order valence-corrected chi connectivity index (χ1v) is 12.2. The highest BCUT2D eigenvalue weighted by molar-refractivity contribution is 9.10. The summed E-state index contributed by atoms with van der Waals surface area (Å²) in [6, 6.07) is 9.89. The zero-order chi connectivity index (χ0) is 24.6. The minimum atomic E-state index is -0.703. The predicted octanol–water partition coefficient (Wildman–Crippen LogP) is 4.79. The molecule has 4 rings (SSSR count). The van der Waals surface area contributed by atoms with E-state index < -0.39 is 18.5 Å². The van der Waals surface area contributed by atoms with Crippen LogP contribution in [0.5, 0.6) is 0 Å². The van der Waals surface area contributed by atoms with Crippen molar-refractivity contribution in [3.8, 4) is 0 Å². The molecule has 0 spiro atoms. The number of aryl methyl sites for hydroxylation is 2. The Hall–Kier alpha value is -3.00. The Kier molecular flexibility index (Phi) is 6.89. The van der Waals surface area contributed by atoms with Crippen LogP contribution in [-0.4, -0.2) is 30.3 Å². The van der Waals surface area contributed by atoms with E-state index in [1.165, 1.54) is 17.0 Å². The van der Waals surface area contributed by atoms with Crippen molar-refractivity contribution < 1.29 is 23.9 Å². The standard InChI is InChI=1S/C26H27BrN2O5/c1-14-7-8-20-21(9-14)25(32)29(24(20)31)19-6-4-5-17(12-19)26(33)34-13-22(30)28-18-10-15(2)23(27)16(3)11-18/h4-6,10-12,14,20-21H,7-9,13H2,1-3H3,(H,28,30)/t14-,20-,21-/m1/s1. The number of benzene rings is 2. The van der Waals surface area contributed by atoms with Crippen LogP contribution >= 0.6 is 15.9 Å². The number of ether oxygens (including phenoxy) is 1. The second-order valence-electron chi connectivity index (χ2n) is 9.24. The van der Waals surface area contributed by atoms with Crippen LogP contribution in [0.25, 0.3) is 0 Å². The molecule has 0 unspecified atom stereocenters. The summed E-state index contributed by atoms with van der Waals surface area (Å²) in [6.07, 6.45) is 2.35. The smallest absolute Gasteiger partial charge is 0.338 e. The monoisotopic (exact) mass is 526 g/mol. The number of amides is 3. The molecule has 0 radical (unpaired) electrons. The molecule has 3 atom stereocenters. The molecule has 8 heteroatoms. The number of esters is 1. The van der Waals surface area contributed by atoms with Gasteiger partial charge in [0, 0.05) is 10.2 Å². The molecule has 178 valence electrons. The number of halogens is 1. The van der Waals surface area contributed by atoms with Gasteiger partial charge in [-0.05, 0) is 80.5 Å². The summed E-state index contributed by atoms with van der Waals surface area (Å²) >= 11 is 3.49. The Morgan fingerprint density at radius 1 is 1.06 bits per heavy atom. The van der Waals surface area contributed by atoms with E-state index in [-0.39, 0.29) is 29.2 Å². The average Bonchev–Trinajstić information content (AvgIpc) is 3.05.